The van der Waals surface area contributed by atoms with Crippen molar-refractivity contribution in [3.8, 4) is 0 Å². The lowest BCUT2D eigenvalue weighted by molar-refractivity contribution is -0.167. The monoisotopic (exact) mass is 218 g/mol. The number of carboxylic acids is 1. The highest BCUT2D eigenvalue weighted by Crippen LogP contribution is 2.14. The molecule has 15 heavy (non-hydrogen) atoms. The molecule has 0 aromatic carbocycles. The van der Waals surface area contributed by atoms with Gasteiger partial charge in [-0.15, -0.1) is 0 Å². The SMILES string of the molecule is CC(C)(C)OC(=O)[C@@H](CC(N)N)C(=O)O. The van der Waals surface area contributed by atoms with Gasteiger partial charge in [-0.25, -0.2) is 0 Å². The first kappa shape index (κ1) is 13.9. The topological polar surface area (TPSA) is 116 Å². The molecule has 0 fully saturated rings. The fraction of sp³-hybridized carbons (Fsp3) is 0.778. The molecule has 0 radical (unpaired) electrons. The van der Waals surface area contributed by atoms with Crippen molar-refractivity contribution in [3.05, 3.63) is 0 Å². The second kappa shape index (κ2) is 5.09. The van der Waals surface area contributed by atoms with E-state index in [-0.39, 0.29) is 6.42 Å². The molecule has 0 aliphatic rings. The van der Waals surface area contributed by atoms with Gasteiger partial charge in [0, 0.05) is 0 Å². The molecule has 0 spiro atoms. The average Bonchev–Trinajstić information content (AvgIpc) is 1.95. The number of hydrogen-bond donors (Lipinski definition) is 3. The van der Waals surface area contributed by atoms with E-state index in [1.165, 1.54) is 0 Å². The lowest BCUT2D eigenvalue weighted by Crippen LogP contribution is -2.40. The molecule has 0 aliphatic carbocycles. The quantitative estimate of drug-likeness (QED) is 0.338. The van der Waals surface area contributed by atoms with Gasteiger partial charge in [0.1, 0.15) is 5.60 Å². The van der Waals surface area contributed by atoms with Crippen molar-refractivity contribution < 1.29 is 19.4 Å². The van der Waals surface area contributed by atoms with Gasteiger partial charge < -0.3 is 21.3 Å². The lowest BCUT2D eigenvalue weighted by atomic mass is 10.0. The van der Waals surface area contributed by atoms with Crippen LogP contribution in [0.25, 0.3) is 0 Å². The maximum Gasteiger partial charge on any atom is 0.320 e. The third-order valence-corrected chi connectivity index (χ3v) is 1.50. The van der Waals surface area contributed by atoms with Crippen LogP contribution in [0.3, 0.4) is 0 Å². The van der Waals surface area contributed by atoms with Crippen LogP contribution in [0, 0.1) is 5.92 Å². The normalized spacial score (nSPS) is 13.7. The Morgan fingerprint density at radius 1 is 1.33 bits per heavy atom. The van der Waals surface area contributed by atoms with Gasteiger partial charge in [0.15, 0.2) is 5.92 Å². The van der Waals surface area contributed by atoms with Crippen LogP contribution in [0.2, 0.25) is 0 Å². The molecule has 0 amide bonds. The van der Waals surface area contributed by atoms with E-state index in [1.807, 2.05) is 0 Å². The first-order valence-corrected chi connectivity index (χ1v) is 4.60. The van der Waals surface area contributed by atoms with Gasteiger partial charge in [0.05, 0.1) is 6.17 Å². The molecule has 0 heterocycles. The van der Waals surface area contributed by atoms with Crippen LogP contribution in [0.5, 0.6) is 0 Å². The van der Waals surface area contributed by atoms with Crippen molar-refractivity contribution in [2.75, 3.05) is 0 Å². The largest absolute Gasteiger partial charge is 0.481 e. The van der Waals surface area contributed by atoms with E-state index >= 15 is 0 Å². The van der Waals surface area contributed by atoms with Crippen LogP contribution in [-0.4, -0.2) is 28.8 Å². The predicted molar refractivity (Wildman–Crippen MR) is 53.8 cm³/mol. The summed E-state index contributed by atoms with van der Waals surface area (Å²) in [7, 11) is 0. The zero-order chi connectivity index (χ0) is 12.2. The van der Waals surface area contributed by atoms with E-state index < -0.39 is 29.6 Å². The Kier molecular flexibility index (Phi) is 4.70. The smallest absolute Gasteiger partial charge is 0.320 e. The predicted octanol–water partition coefficient (Wildman–Crippen LogP) is -0.337. The molecule has 6 heteroatoms. The average molecular weight is 218 g/mol. The van der Waals surface area contributed by atoms with E-state index in [4.69, 9.17) is 21.3 Å². The van der Waals surface area contributed by atoms with E-state index in [9.17, 15) is 9.59 Å². The summed E-state index contributed by atoms with van der Waals surface area (Å²) in [5, 5.41) is 8.78. The van der Waals surface area contributed by atoms with Gasteiger partial charge in [-0.2, -0.15) is 0 Å². The second-order valence-corrected chi connectivity index (χ2v) is 4.32. The lowest BCUT2D eigenvalue weighted by Gasteiger charge is -2.22. The Morgan fingerprint density at radius 3 is 2.07 bits per heavy atom. The summed E-state index contributed by atoms with van der Waals surface area (Å²) in [6.45, 7) is 4.98. The first-order chi connectivity index (χ1) is 6.63. The van der Waals surface area contributed by atoms with Crippen molar-refractivity contribution in [2.45, 2.75) is 39.0 Å². The molecule has 0 unspecified atom stereocenters. The number of ether oxygens (including phenoxy) is 1. The molecule has 0 bridgehead atoms. The molecule has 0 aromatic heterocycles. The van der Waals surface area contributed by atoms with Crippen molar-refractivity contribution in [1.82, 2.24) is 0 Å². The summed E-state index contributed by atoms with van der Waals surface area (Å²) < 4.78 is 4.93. The van der Waals surface area contributed by atoms with Crippen LogP contribution >= 0.6 is 0 Å². The number of carbonyl (C=O) groups excluding carboxylic acids is 1. The van der Waals surface area contributed by atoms with Crippen LogP contribution in [0.15, 0.2) is 0 Å². The summed E-state index contributed by atoms with van der Waals surface area (Å²) in [5.74, 6) is -3.38. The molecular weight excluding hydrogens is 200 g/mol. The van der Waals surface area contributed by atoms with Crippen molar-refractivity contribution in [1.29, 1.82) is 0 Å². The number of esters is 1. The highest BCUT2D eigenvalue weighted by Gasteiger charge is 2.31. The van der Waals surface area contributed by atoms with Crippen LogP contribution in [0.1, 0.15) is 27.2 Å². The summed E-state index contributed by atoms with van der Waals surface area (Å²) in [6, 6.07) is 0. The minimum absolute atomic E-state index is 0.135. The first-order valence-electron chi connectivity index (χ1n) is 4.60. The molecule has 0 rings (SSSR count). The van der Waals surface area contributed by atoms with Crippen LogP contribution in [0.4, 0.5) is 0 Å². The standard InChI is InChI=1S/C9H18N2O4/c1-9(2,3)15-8(14)5(7(12)13)4-6(10)11/h5-6H,4,10-11H2,1-3H3,(H,12,13)/t5-/m0/s1. The number of carboxylic acid groups (broad SMARTS) is 1. The molecule has 6 nitrogen and oxygen atoms in total. The van der Waals surface area contributed by atoms with Crippen LogP contribution in [-0.2, 0) is 14.3 Å². The summed E-state index contributed by atoms with van der Waals surface area (Å²) in [6.07, 6.45) is -0.983. The Balaban J connectivity index is 4.50. The molecule has 88 valence electrons. The highest BCUT2D eigenvalue weighted by atomic mass is 16.6. The summed E-state index contributed by atoms with van der Waals surface area (Å²) in [4.78, 5) is 22.2. The zero-order valence-electron chi connectivity index (χ0n) is 9.19. The number of aliphatic carboxylic acids is 1. The highest BCUT2D eigenvalue weighted by molar-refractivity contribution is 5.94. The van der Waals surface area contributed by atoms with E-state index in [0.717, 1.165) is 0 Å². The fourth-order valence-corrected chi connectivity index (χ4v) is 0.943. The number of nitrogens with two attached hydrogens (primary N) is 2. The van der Waals surface area contributed by atoms with Gasteiger partial charge in [0.2, 0.25) is 0 Å². The molecule has 5 N–H and O–H groups in total. The molecule has 0 saturated heterocycles. The Labute approximate surface area is 88.6 Å². The van der Waals surface area contributed by atoms with E-state index in [2.05, 4.69) is 0 Å². The van der Waals surface area contributed by atoms with Crippen molar-refractivity contribution >= 4 is 11.9 Å². The van der Waals surface area contributed by atoms with E-state index in [0.29, 0.717) is 0 Å². The summed E-state index contributed by atoms with van der Waals surface area (Å²) in [5.41, 5.74) is 9.76. The molecule has 1 atom stereocenters. The Hall–Kier alpha value is -1.14. The van der Waals surface area contributed by atoms with Gasteiger partial charge in [-0.1, -0.05) is 0 Å². The number of hydrogen-bond acceptors (Lipinski definition) is 5. The third kappa shape index (κ3) is 6.03. The molecule has 0 aliphatic heterocycles. The maximum absolute atomic E-state index is 11.4. The van der Waals surface area contributed by atoms with Gasteiger partial charge in [0.25, 0.3) is 0 Å². The molecule has 0 aromatic rings. The third-order valence-electron chi connectivity index (χ3n) is 1.50. The van der Waals surface area contributed by atoms with Gasteiger partial charge in [-0.3, -0.25) is 9.59 Å². The Bertz CT molecular complexity index is 245. The fourth-order valence-electron chi connectivity index (χ4n) is 0.943. The van der Waals surface area contributed by atoms with Gasteiger partial charge >= 0.3 is 11.9 Å². The zero-order valence-corrected chi connectivity index (χ0v) is 9.19. The second-order valence-electron chi connectivity index (χ2n) is 4.32. The minimum Gasteiger partial charge on any atom is -0.481 e. The summed E-state index contributed by atoms with van der Waals surface area (Å²) >= 11 is 0. The maximum atomic E-state index is 11.4. The van der Waals surface area contributed by atoms with E-state index in [1.54, 1.807) is 20.8 Å². The van der Waals surface area contributed by atoms with Gasteiger partial charge in [-0.05, 0) is 27.2 Å². The number of rotatable bonds is 4. The molecular formula is C9H18N2O4. The van der Waals surface area contributed by atoms with Crippen LogP contribution < -0.4 is 11.5 Å². The van der Waals surface area contributed by atoms with Crippen molar-refractivity contribution in [2.24, 2.45) is 17.4 Å². The molecule has 0 saturated carbocycles. The minimum atomic E-state index is -1.30. The number of carbonyl (C=O) groups is 2. The van der Waals surface area contributed by atoms with Crippen molar-refractivity contribution in [3.63, 3.8) is 0 Å². The Morgan fingerprint density at radius 2 is 1.80 bits per heavy atom.